The highest BCUT2D eigenvalue weighted by Gasteiger charge is 2.04. The predicted molar refractivity (Wildman–Crippen MR) is 63.6 cm³/mol. The van der Waals surface area contributed by atoms with E-state index in [0.29, 0.717) is 6.54 Å². The molecular weight excluding hydrogens is 184 g/mol. The van der Waals surface area contributed by atoms with E-state index in [1.807, 2.05) is 6.20 Å². The van der Waals surface area contributed by atoms with E-state index in [1.165, 1.54) is 22.3 Å². The Morgan fingerprint density at radius 2 is 2.00 bits per heavy atom. The minimum absolute atomic E-state index is 0.560. The second kappa shape index (κ2) is 3.91. The molecule has 2 heteroatoms. The van der Waals surface area contributed by atoms with Crippen molar-refractivity contribution < 1.29 is 0 Å². The van der Waals surface area contributed by atoms with E-state index in [2.05, 4.69) is 43.1 Å². The van der Waals surface area contributed by atoms with Gasteiger partial charge in [0.05, 0.1) is 0 Å². The number of aromatic amines is 1. The van der Waals surface area contributed by atoms with Gasteiger partial charge in [-0.05, 0) is 36.6 Å². The average molecular weight is 200 g/mol. The van der Waals surface area contributed by atoms with Gasteiger partial charge in [-0.15, -0.1) is 0 Å². The summed E-state index contributed by atoms with van der Waals surface area (Å²) in [4.78, 5) is 3.18. The fourth-order valence-electron chi connectivity index (χ4n) is 1.76. The number of benzene rings is 1. The second-order valence-electron chi connectivity index (χ2n) is 3.94. The van der Waals surface area contributed by atoms with Crippen LogP contribution in [0.5, 0.6) is 0 Å². The number of hydrogen-bond donors (Lipinski definition) is 2. The van der Waals surface area contributed by atoms with Gasteiger partial charge in [-0.25, -0.2) is 0 Å². The third-order valence-electron chi connectivity index (χ3n) is 2.67. The summed E-state index contributed by atoms with van der Waals surface area (Å²) in [7, 11) is 0. The van der Waals surface area contributed by atoms with E-state index >= 15 is 0 Å². The van der Waals surface area contributed by atoms with Crippen LogP contribution in [0, 0.1) is 13.8 Å². The lowest BCUT2D eigenvalue weighted by molar-refractivity contribution is 1.01. The number of nitrogens with one attached hydrogen (secondary N) is 1. The molecule has 0 aliphatic heterocycles. The van der Waals surface area contributed by atoms with Gasteiger partial charge in [-0.1, -0.05) is 23.8 Å². The van der Waals surface area contributed by atoms with Crippen molar-refractivity contribution in [3.63, 3.8) is 0 Å². The summed E-state index contributed by atoms with van der Waals surface area (Å²) in [6.45, 7) is 4.80. The van der Waals surface area contributed by atoms with E-state index in [9.17, 15) is 0 Å². The summed E-state index contributed by atoms with van der Waals surface area (Å²) in [5, 5.41) is 0. The fourth-order valence-corrected chi connectivity index (χ4v) is 1.76. The Morgan fingerprint density at radius 3 is 2.67 bits per heavy atom. The summed E-state index contributed by atoms with van der Waals surface area (Å²) in [5.74, 6) is 0. The molecule has 0 aliphatic rings. The zero-order valence-corrected chi connectivity index (χ0v) is 9.17. The summed E-state index contributed by atoms with van der Waals surface area (Å²) >= 11 is 0. The number of H-pyrrole nitrogens is 1. The Labute approximate surface area is 90.1 Å². The molecular formula is C13H16N2. The number of rotatable bonds is 2. The molecule has 2 nitrogen and oxygen atoms in total. The molecule has 0 bridgehead atoms. The zero-order chi connectivity index (χ0) is 10.8. The highest BCUT2D eigenvalue weighted by molar-refractivity contribution is 5.67. The zero-order valence-electron chi connectivity index (χ0n) is 9.17. The van der Waals surface area contributed by atoms with Crippen LogP contribution in [0.15, 0.2) is 30.5 Å². The largest absolute Gasteiger partial charge is 0.363 e. The topological polar surface area (TPSA) is 41.8 Å². The van der Waals surface area contributed by atoms with Gasteiger partial charge in [0.15, 0.2) is 0 Å². The van der Waals surface area contributed by atoms with Crippen LogP contribution in [-0.4, -0.2) is 4.98 Å². The number of nitrogens with two attached hydrogens (primary N) is 1. The average Bonchev–Trinajstić information content (AvgIpc) is 2.70. The van der Waals surface area contributed by atoms with Crippen LogP contribution in [-0.2, 0) is 6.54 Å². The van der Waals surface area contributed by atoms with E-state index in [0.717, 1.165) is 5.69 Å². The maximum atomic E-state index is 5.58. The molecule has 1 aromatic heterocycles. The van der Waals surface area contributed by atoms with Crippen LogP contribution in [0.3, 0.4) is 0 Å². The molecule has 0 saturated carbocycles. The van der Waals surface area contributed by atoms with Crippen molar-refractivity contribution in [1.29, 1.82) is 0 Å². The maximum absolute atomic E-state index is 5.58. The van der Waals surface area contributed by atoms with Crippen molar-refractivity contribution in [3.05, 3.63) is 47.3 Å². The monoisotopic (exact) mass is 200 g/mol. The van der Waals surface area contributed by atoms with Crippen LogP contribution < -0.4 is 5.73 Å². The number of hydrogen-bond acceptors (Lipinski definition) is 1. The summed E-state index contributed by atoms with van der Waals surface area (Å²) in [5.41, 5.74) is 11.7. The first-order chi connectivity index (χ1) is 7.20. The predicted octanol–water partition coefficient (Wildman–Crippen LogP) is 2.76. The Morgan fingerprint density at radius 1 is 1.20 bits per heavy atom. The Bertz CT molecular complexity index is 469. The van der Waals surface area contributed by atoms with Crippen molar-refractivity contribution in [2.24, 2.45) is 5.73 Å². The highest BCUT2D eigenvalue weighted by atomic mass is 14.7. The van der Waals surface area contributed by atoms with E-state index < -0.39 is 0 Å². The van der Waals surface area contributed by atoms with Crippen molar-refractivity contribution in [3.8, 4) is 11.1 Å². The number of aromatic nitrogens is 1. The first kappa shape index (κ1) is 9.99. The lowest BCUT2D eigenvalue weighted by atomic mass is 10.0. The molecule has 0 saturated heterocycles. The standard InChI is InChI=1S/C13H16N2/c1-9-3-4-10(2)13(5-9)11-6-12(7-14)15-8-11/h3-6,8,15H,7,14H2,1-2H3. The molecule has 1 aromatic carbocycles. The van der Waals surface area contributed by atoms with Gasteiger partial charge in [0, 0.05) is 18.4 Å². The Balaban J connectivity index is 2.48. The van der Waals surface area contributed by atoms with Crippen LogP contribution in [0.1, 0.15) is 16.8 Å². The number of aryl methyl sites for hydroxylation is 2. The second-order valence-corrected chi connectivity index (χ2v) is 3.94. The van der Waals surface area contributed by atoms with Crippen LogP contribution in [0.2, 0.25) is 0 Å². The first-order valence-electron chi connectivity index (χ1n) is 5.15. The minimum Gasteiger partial charge on any atom is -0.363 e. The molecule has 15 heavy (non-hydrogen) atoms. The van der Waals surface area contributed by atoms with Gasteiger partial charge in [-0.2, -0.15) is 0 Å². The molecule has 0 atom stereocenters. The molecule has 0 radical (unpaired) electrons. The van der Waals surface area contributed by atoms with Gasteiger partial charge in [0.25, 0.3) is 0 Å². The lowest BCUT2D eigenvalue weighted by Crippen LogP contribution is -1.94. The van der Waals surface area contributed by atoms with Gasteiger partial charge in [0.1, 0.15) is 0 Å². The van der Waals surface area contributed by atoms with Crippen LogP contribution >= 0.6 is 0 Å². The summed E-state index contributed by atoms with van der Waals surface area (Å²) < 4.78 is 0. The fraction of sp³-hybridized carbons (Fsp3) is 0.231. The minimum atomic E-state index is 0.560. The molecule has 1 heterocycles. The molecule has 0 spiro atoms. The quantitative estimate of drug-likeness (QED) is 0.769. The third kappa shape index (κ3) is 1.95. The summed E-state index contributed by atoms with van der Waals surface area (Å²) in [6, 6.07) is 8.61. The SMILES string of the molecule is Cc1ccc(C)c(-c2c[nH]c(CN)c2)c1. The Kier molecular flexibility index (Phi) is 2.60. The maximum Gasteiger partial charge on any atom is 0.0332 e. The van der Waals surface area contributed by atoms with Crippen LogP contribution in [0.4, 0.5) is 0 Å². The molecule has 0 amide bonds. The van der Waals surface area contributed by atoms with Crippen molar-refractivity contribution in [2.75, 3.05) is 0 Å². The Hall–Kier alpha value is -1.54. The molecule has 3 N–H and O–H groups in total. The smallest absolute Gasteiger partial charge is 0.0332 e. The van der Waals surface area contributed by atoms with Gasteiger partial charge in [0.2, 0.25) is 0 Å². The third-order valence-corrected chi connectivity index (χ3v) is 2.67. The van der Waals surface area contributed by atoms with Gasteiger partial charge < -0.3 is 10.7 Å². The highest BCUT2D eigenvalue weighted by Crippen LogP contribution is 2.24. The van der Waals surface area contributed by atoms with E-state index in [4.69, 9.17) is 5.73 Å². The lowest BCUT2D eigenvalue weighted by Gasteiger charge is -2.04. The van der Waals surface area contributed by atoms with Gasteiger partial charge in [-0.3, -0.25) is 0 Å². The normalized spacial score (nSPS) is 10.6. The van der Waals surface area contributed by atoms with Crippen molar-refractivity contribution >= 4 is 0 Å². The molecule has 78 valence electrons. The van der Waals surface area contributed by atoms with Crippen LogP contribution in [0.25, 0.3) is 11.1 Å². The van der Waals surface area contributed by atoms with E-state index in [-0.39, 0.29) is 0 Å². The van der Waals surface area contributed by atoms with E-state index in [1.54, 1.807) is 0 Å². The molecule has 0 aliphatic carbocycles. The molecule has 2 rings (SSSR count). The van der Waals surface area contributed by atoms with Gasteiger partial charge >= 0.3 is 0 Å². The first-order valence-corrected chi connectivity index (χ1v) is 5.15. The van der Waals surface area contributed by atoms with Crippen molar-refractivity contribution in [1.82, 2.24) is 4.98 Å². The molecule has 2 aromatic rings. The molecule has 0 fully saturated rings. The summed E-state index contributed by atoms with van der Waals surface area (Å²) in [6.07, 6.45) is 2.02. The van der Waals surface area contributed by atoms with Crippen molar-refractivity contribution in [2.45, 2.75) is 20.4 Å². The molecule has 0 unspecified atom stereocenters.